The summed E-state index contributed by atoms with van der Waals surface area (Å²) in [5, 5.41) is 6.04. The third kappa shape index (κ3) is 6.58. The van der Waals surface area contributed by atoms with E-state index >= 15 is 0 Å². The molecule has 21 heavy (non-hydrogen) atoms. The smallest absolute Gasteiger partial charge is 0.252 e. The molecule has 0 aliphatic carbocycles. The Morgan fingerprint density at radius 3 is 2.67 bits per heavy atom. The highest BCUT2D eigenvalue weighted by Gasteiger charge is 2.06. The van der Waals surface area contributed by atoms with E-state index in [0.717, 1.165) is 31.7 Å². The van der Waals surface area contributed by atoms with Gasteiger partial charge in [-0.3, -0.25) is 4.79 Å². The van der Waals surface area contributed by atoms with Gasteiger partial charge in [-0.15, -0.1) is 0 Å². The van der Waals surface area contributed by atoms with E-state index in [1.54, 1.807) is 12.3 Å². The Morgan fingerprint density at radius 2 is 2.10 bits per heavy atom. The molecule has 1 rings (SSSR count). The first-order chi connectivity index (χ1) is 10.0. The Labute approximate surface area is 128 Å². The van der Waals surface area contributed by atoms with Gasteiger partial charge in [-0.2, -0.15) is 0 Å². The van der Waals surface area contributed by atoms with Gasteiger partial charge in [0.2, 0.25) is 0 Å². The molecule has 1 aromatic rings. The zero-order chi connectivity index (χ0) is 15.7. The van der Waals surface area contributed by atoms with E-state index in [0.29, 0.717) is 18.2 Å². The van der Waals surface area contributed by atoms with Crippen LogP contribution in [0, 0.1) is 0 Å². The molecule has 5 nitrogen and oxygen atoms in total. The van der Waals surface area contributed by atoms with Gasteiger partial charge < -0.3 is 15.5 Å². The molecule has 1 aromatic heterocycles. The van der Waals surface area contributed by atoms with Gasteiger partial charge >= 0.3 is 0 Å². The average Bonchev–Trinajstić information content (AvgIpc) is 2.47. The van der Waals surface area contributed by atoms with Crippen molar-refractivity contribution in [2.24, 2.45) is 0 Å². The van der Waals surface area contributed by atoms with Gasteiger partial charge in [-0.25, -0.2) is 4.98 Å². The zero-order valence-corrected chi connectivity index (χ0v) is 13.6. The number of anilines is 1. The molecule has 0 aliphatic heterocycles. The molecule has 0 fully saturated rings. The summed E-state index contributed by atoms with van der Waals surface area (Å²) in [6.07, 6.45) is 3.69. The Bertz CT molecular complexity index is 417. The van der Waals surface area contributed by atoms with Gasteiger partial charge in [0.1, 0.15) is 5.82 Å². The lowest BCUT2D eigenvalue weighted by atomic mass is 10.2. The fourth-order valence-corrected chi connectivity index (χ4v) is 1.86. The SMILES string of the molecule is CCNc1ccc(C(=O)NCCCCN(C)C(C)C)cn1. The number of rotatable bonds is 9. The highest BCUT2D eigenvalue weighted by molar-refractivity contribution is 5.93. The van der Waals surface area contributed by atoms with Crippen molar-refractivity contribution in [1.82, 2.24) is 15.2 Å². The van der Waals surface area contributed by atoms with Crippen LogP contribution in [-0.4, -0.2) is 48.5 Å². The van der Waals surface area contributed by atoms with Crippen molar-refractivity contribution in [1.29, 1.82) is 0 Å². The van der Waals surface area contributed by atoms with E-state index in [9.17, 15) is 4.79 Å². The number of hydrogen-bond donors (Lipinski definition) is 2. The van der Waals surface area contributed by atoms with Crippen LogP contribution in [0.15, 0.2) is 18.3 Å². The molecular weight excluding hydrogens is 264 g/mol. The number of amides is 1. The minimum absolute atomic E-state index is 0.0530. The molecule has 0 aromatic carbocycles. The number of hydrogen-bond acceptors (Lipinski definition) is 4. The van der Waals surface area contributed by atoms with E-state index in [4.69, 9.17) is 0 Å². The molecule has 0 radical (unpaired) electrons. The average molecular weight is 292 g/mol. The number of carbonyl (C=O) groups is 1. The lowest BCUT2D eigenvalue weighted by Crippen LogP contribution is -2.29. The van der Waals surface area contributed by atoms with Crippen LogP contribution in [0.25, 0.3) is 0 Å². The van der Waals surface area contributed by atoms with Gasteiger partial charge in [0, 0.05) is 25.3 Å². The van der Waals surface area contributed by atoms with Crippen LogP contribution in [0.1, 0.15) is 44.0 Å². The molecule has 2 N–H and O–H groups in total. The Morgan fingerprint density at radius 1 is 1.33 bits per heavy atom. The Kier molecular flexibility index (Phi) is 7.75. The summed E-state index contributed by atoms with van der Waals surface area (Å²) in [5.74, 6) is 0.744. The van der Waals surface area contributed by atoms with Gasteiger partial charge in [0.05, 0.1) is 5.56 Å². The van der Waals surface area contributed by atoms with E-state index < -0.39 is 0 Å². The second-order valence-electron chi connectivity index (χ2n) is 5.50. The topological polar surface area (TPSA) is 57.3 Å². The normalized spacial score (nSPS) is 11.0. The zero-order valence-electron chi connectivity index (χ0n) is 13.6. The van der Waals surface area contributed by atoms with Crippen LogP contribution in [0.5, 0.6) is 0 Å². The minimum atomic E-state index is -0.0530. The van der Waals surface area contributed by atoms with Crippen molar-refractivity contribution in [3.8, 4) is 0 Å². The molecule has 0 atom stereocenters. The number of aromatic nitrogens is 1. The molecule has 0 unspecified atom stereocenters. The monoisotopic (exact) mass is 292 g/mol. The standard InChI is InChI=1S/C16H28N4O/c1-5-17-15-9-8-14(12-19-15)16(21)18-10-6-7-11-20(4)13(2)3/h8-9,12-13H,5-7,10-11H2,1-4H3,(H,17,19)(H,18,21). The van der Waals surface area contributed by atoms with E-state index in [-0.39, 0.29) is 5.91 Å². The lowest BCUT2D eigenvalue weighted by Gasteiger charge is -2.20. The van der Waals surface area contributed by atoms with Crippen molar-refractivity contribution < 1.29 is 4.79 Å². The summed E-state index contributed by atoms with van der Waals surface area (Å²) in [6.45, 7) is 8.98. The third-order valence-corrected chi connectivity index (χ3v) is 3.49. The van der Waals surface area contributed by atoms with Gasteiger partial charge in [0.25, 0.3) is 5.91 Å². The number of unbranched alkanes of at least 4 members (excludes halogenated alkanes) is 1. The first-order valence-electron chi connectivity index (χ1n) is 7.73. The first kappa shape index (κ1) is 17.4. The number of nitrogens with one attached hydrogen (secondary N) is 2. The molecule has 1 heterocycles. The molecule has 0 bridgehead atoms. The summed E-state index contributed by atoms with van der Waals surface area (Å²) in [7, 11) is 2.13. The van der Waals surface area contributed by atoms with Crippen molar-refractivity contribution in [2.45, 2.75) is 39.7 Å². The fourth-order valence-electron chi connectivity index (χ4n) is 1.86. The summed E-state index contributed by atoms with van der Waals surface area (Å²) in [4.78, 5) is 18.4. The summed E-state index contributed by atoms with van der Waals surface area (Å²) < 4.78 is 0. The van der Waals surface area contributed by atoms with Crippen LogP contribution >= 0.6 is 0 Å². The second kappa shape index (κ2) is 9.34. The molecular formula is C16H28N4O. The van der Waals surface area contributed by atoms with Crippen molar-refractivity contribution in [3.05, 3.63) is 23.9 Å². The van der Waals surface area contributed by atoms with E-state index in [2.05, 4.69) is 41.4 Å². The highest BCUT2D eigenvalue weighted by atomic mass is 16.1. The molecule has 0 saturated heterocycles. The molecule has 5 heteroatoms. The largest absolute Gasteiger partial charge is 0.370 e. The van der Waals surface area contributed by atoms with Crippen LogP contribution in [0.2, 0.25) is 0 Å². The van der Waals surface area contributed by atoms with Crippen LogP contribution in [-0.2, 0) is 0 Å². The maximum absolute atomic E-state index is 11.9. The van der Waals surface area contributed by atoms with Crippen LogP contribution < -0.4 is 10.6 Å². The summed E-state index contributed by atoms with van der Waals surface area (Å²) in [5.41, 5.74) is 0.607. The number of pyridine rings is 1. The second-order valence-corrected chi connectivity index (χ2v) is 5.50. The summed E-state index contributed by atoms with van der Waals surface area (Å²) >= 11 is 0. The first-order valence-corrected chi connectivity index (χ1v) is 7.73. The number of carbonyl (C=O) groups excluding carboxylic acids is 1. The maximum Gasteiger partial charge on any atom is 0.252 e. The predicted molar refractivity (Wildman–Crippen MR) is 87.7 cm³/mol. The molecule has 118 valence electrons. The minimum Gasteiger partial charge on any atom is -0.370 e. The van der Waals surface area contributed by atoms with Crippen molar-refractivity contribution in [2.75, 3.05) is 32.0 Å². The summed E-state index contributed by atoms with van der Waals surface area (Å²) in [6, 6.07) is 4.20. The maximum atomic E-state index is 11.9. The van der Waals surface area contributed by atoms with Crippen molar-refractivity contribution >= 4 is 11.7 Å². The van der Waals surface area contributed by atoms with E-state index in [1.165, 1.54) is 0 Å². The highest BCUT2D eigenvalue weighted by Crippen LogP contribution is 2.04. The molecule has 0 aliphatic rings. The fraction of sp³-hybridized carbons (Fsp3) is 0.625. The molecule has 0 saturated carbocycles. The van der Waals surface area contributed by atoms with Gasteiger partial charge in [0.15, 0.2) is 0 Å². The van der Waals surface area contributed by atoms with Crippen LogP contribution in [0.3, 0.4) is 0 Å². The quantitative estimate of drug-likeness (QED) is 0.686. The molecule has 0 spiro atoms. The Balaban J connectivity index is 2.24. The van der Waals surface area contributed by atoms with Crippen molar-refractivity contribution in [3.63, 3.8) is 0 Å². The number of nitrogens with zero attached hydrogens (tertiary/aromatic N) is 2. The van der Waals surface area contributed by atoms with Crippen LogP contribution in [0.4, 0.5) is 5.82 Å². The lowest BCUT2D eigenvalue weighted by molar-refractivity contribution is 0.0952. The predicted octanol–water partition coefficient (Wildman–Crippen LogP) is 2.36. The molecule has 1 amide bonds. The Hall–Kier alpha value is -1.62. The van der Waals surface area contributed by atoms with E-state index in [1.807, 2.05) is 13.0 Å². The van der Waals surface area contributed by atoms with Gasteiger partial charge in [-0.1, -0.05) is 0 Å². The van der Waals surface area contributed by atoms with Gasteiger partial charge in [-0.05, 0) is 59.3 Å². The third-order valence-electron chi connectivity index (χ3n) is 3.49.